The molecule has 0 unspecified atom stereocenters. The van der Waals surface area contributed by atoms with Gasteiger partial charge in [0.25, 0.3) is 5.91 Å². The van der Waals surface area contributed by atoms with Crippen molar-refractivity contribution in [3.05, 3.63) is 36.0 Å². The Labute approximate surface area is 171 Å². The molecule has 2 amide bonds. The van der Waals surface area contributed by atoms with Gasteiger partial charge in [-0.25, -0.2) is 4.98 Å². The highest BCUT2D eigenvalue weighted by Gasteiger charge is 2.14. The maximum Gasteiger partial charge on any atom is 0.269 e. The number of hydrogen-bond acceptors (Lipinski definition) is 9. The second kappa shape index (κ2) is 10.0. The van der Waals surface area contributed by atoms with Gasteiger partial charge in [-0.05, 0) is 24.6 Å². The first kappa shape index (κ1) is 20.8. The van der Waals surface area contributed by atoms with E-state index in [0.717, 1.165) is 6.42 Å². The second-order valence-corrected chi connectivity index (χ2v) is 6.06. The Bertz CT molecular complexity index is 987. The molecule has 12 heteroatoms. The molecule has 0 aliphatic heterocycles. The Balaban J connectivity index is 1.48. The SMILES string of the molecule is CCCOc1ccc(C(=O)NNC(=O)CCc2nc(-c3ncn[nH]3)no2)cc1OC. The first-order chi connectivity index (χ1) is 14.6. The van der Waals surface area contributed by atoms with Gasteiger partial charge in [0.15, 0.2) is 17.3 Å². The topological polar surface area (TPSA) is 157 Å². The normalized spacial score (nSPS) is 10.5. The van der Waals surface area contributed by atoms with E-state index >= 15 is 0 Å². The molecule has 0 fully saturated rings. The van der Waals surface area contributed by atoms with Crippen LogP contribution in [0.4, 0.5) is 0 Å². The molecule has 2 aromatic heterocycles. The molecule has 12 nitrogen and oxygen atoms in total. The van der Waals surface area contributed by atoms with Crippen LogP contribution >= 0.6 is 0 Å². The van der Waals surface area contributed by atoms with Gasteiger partial charge in [0.2, 0.25) is 17.6 Å². The first-order valence-electron chi connectivity index (χ1n) is 9.19. The largest absolute Gasteiger partial charge is 0.493 e. The molecule has 0 radical (unpaired) electrons. The molecule has 0 saturated carbocycles. The lowest BCUT2D eigenvalue weighted by atomic mass is 10.2. The maximum absolute atomic E-state index is 12.3. The average molecular weight is 415 g/mol. The number of hydrogen-bond donors (Lipinski definition) is 3. The standard InChI is InChI=1S/C18H21N7O5/c1-3-8-29-12-5-4-11(9-13(12)28-2)18(27)24-22-14(26)6-7-15-21-17(25-30-15)16-19-10-20-23-16/h4-5,9-10H,3,6-8H2,1-2H3,(H,22,26)(H,24,27)(H,19,20,23). The molecule has 3 aromatic rings. The van der Waals surface area contributed by atoms with Gasteiger partial charge in [-0.2, -0.15) is 10.1 Å². The van der Waals surface area contributed by atoms with Gasteiger partial charge < -0.3 is 14.0 Å². The van der Waals surface area contributed by atoms with Gasteiger partial charge in [0, 0.05) is 18.4 Å². The minimum Gasteiger partial charge on any atom is -0.493 e. The molecular formula is C18H21N7O5. The van der Waals surface area contributed by atoms with Crippen molar-refractivity contribution in [3.8, 4) is 23.1 Å². The number of carbonyl (C=O) groups is 2. The molecular weight excluding hydrogens is 394 g/mol. The Morgan fingerprint density at radius 3 is 2.83 bits per heavy atom. The van der Waals surface area contributed by atoms with Crippen LogP contribution in [-0.4, -0.2) is 50.9 Å². The quantitative estimate of drug-likeness (QED) is 0.434. The zero-order chi connectivity index (χ0) is 21.3. The van der Waals surface area contributed by atoms with Crippen molar-refractivity contribution in [2.45, 2.75) is 26.2 Å². The van der Waals surface area contributed by atoms with Crippen LogP contribution in [-0.2, 0) is 11.2 Å². The average Bonchev–Trinajstić information content (AvgIpc) is 3.46. The van der Waals surface area contributed by atoms with E-state index in [4.69, 9.17) is 14.0 Å². The fourth-order valence-corrected chi connectivity index (χ4v) is 2.39. The van der Waals surface area contributed by atoms with E-state index < -0.39 is 11.8 Å². The Hall–Kier alpha value is -3.96. The highest BCUT2D eigenvalue weighted by atomic mass is 16.5. The molecule has 0 atom stereocenters. The highest BCUT2D eigenvalue weighted by Crippen LogP contribution is 2.28. The van der Waals surface area contributed by atoms with Gasteiger partial charge in [0.1, 0.15) is 6.33 Å². The van der Waals surface area contributed by atoms with Crippen molar-refractivity contribution in [3.63, 3.8) is 0 Å². The minimum absolute atomic E-state index is 0.0332. The molecule has 0 spiro atoms. The van der Waals surface area contributed by atoms with Crippen LogP contribution < -0.4 is 20.3 Å². The fourth-order valence-electron chi connectivity index (χ4n) is 2.39. The Morgan fingerprint density at radius 1 is 1.23 bits per heavy atom. The predicted molar refractivity (Wildman–Crippen MR) is 102 cm³/mol. The third kappa shape index (κ3) is 5.31. The number of H-pyrrole nitrogens is 1. The van der Waals surface area contributed by atoms with E-state index in [0.29, 0.717) is 29.5 Å². The van der Waals surface area contributed by atoms with Crippen molar-refractivity contribution < 1.29 is 23.6 Å². The van der Waals surface area contributed by atoms with E-state index in [9.17, 15) is 9.59 Å². The third-order valence-corrected chi connectivity index (χ3v) is 3.86. The lowest BCUT2D eigenvalue weighted by Gasteiger charge is -2.12. The van der Waals surface area contributed by atoms with E-state index in [1.165, 1.54) is 19.5 Å². The summed E-state index contributed by atoms with van der Waals surface area (Å²) < 4.78 is 15.9. The maximum atomic E-state index is 12.3. The zero-order valence-corrected chi connectivity index (χ0v) is 16.5. The number of aromatic nitrogens is 5. The number of nitrogens with one attached hydrogen (secondary N) is 3. The number of rotatable bonds is 9. The van der Waals surface area contributed by atoms with Gasteiger partial charge in [-0.15, -0.1) is 0 Å². The van der Waals surface area contributed by atoms with Gasteiger partial charge in [0.05, 0.1) is 13.7 Å². The zero-order valence-electron chi connectivity index (χ0n) is 16.5. The molecule has 0 bridgehead atoms. The van der Waals surface area contributed by atoms with E-state index in [2.05, 4.69) is 36.2 Å². The van der Waals surface area contributed by atoms with E-state index in [1.807, 2.05) is 6.92 Å². The van der Waals surface area contributed by atoms with Crippen LogP contribution in [0.15, 0.2) is 29.0 Å². The van der Waals surface area contributed by atoms with Crippen LogP contribution in [0, 0.1) is 0 Å². The third-order valence-electron chi connectivity index (χ3n) is 3.86. The number of methoxy groups -OCH3 is 1. The lowest BCUT2D eigenvalue weighted by Crippen LogP contribution is -2.41. The number of aryl methyl sites for hydroxylation is 1. The summed E-state index contributed by atoms with van der Waals surface area (Å²) >= 11 is 0. The molecule has 0 aliphatic rings. The molecule has 2 heterocycles. The summed E-state index contributed by atoms with van der Waals surface area (Å²) in [4.78, 5) is 32.3. The Kier molecular flexibility index (Phi) is 6.92. The molecule has 3 N–H and O–H groups in total. The number of ether oxygens (including phenoxy) is 2. The number of nitrogens with zero attached hydrogens (tertiary/aromatic N) is 4. The number of hydrazine groups is 1. The molecule has 158 valence electrons. The summed E-state index contributed by atoms with van der Waals surface area (Å²) in [6.07, 6.45) is 2.40. The number of carbonyl (C=O) groups excluding carboxylic acids is 2. The van der Waals surface area contributed by atoms with Crippen LogP contribution in [0.1, 0.15) is 36.0 Å². The summed E-state index contributed by atoms with van der Waals surface area (Å²) in [5.74, 6) is 0.937. The van der Waals surface area contributed by atoms with Crippen LogP contribution in [0.5, 0.6) is 11.5 Å². The smallest absolute Gasteiger partial charge is 0.269 e. The van der Waals surface area contributed by atoms with Gasteiger partial charge in [-0.3, -0.25) is 25.5 Å². The predicted octanol–water partition coefficient (Wildman–Crippen LogP) is 1.05. The molecule has 3 rings (SSSR count). The second-order valence-electron chi connectivity index (χ2n) is 6.06. The van der Waals surface area contributed by atoms with Gasteiger partial charge in [-0.1, -0.05) is 12.1 Å². The van der Waals surface area contributed by atoms with Crippen molar-refractivity contribution in [2.24, 2.45) is 0 Å². The Morgan fingerprint density at radius 2 is 2.10 bits per heavy atom. The summed E-state index contributed by atoms with van der Waals surface area (Å²) in [7, 11) is 1.49. The number of benzene rings is 1. The molecule has 0 aliphatic carbocycles. The monoisotopic (exact) mass is 415 g/mol. The van der Waals surface area contributed by atoms with Crippen LogP contribution in [0.3, 0.4) is 0 Å². The summed E-state index contributed by atoms with van der Waals surface area (Å²) in [5, 5.41) is 10.1. The lowest BCUT2D eigenvalue weighted by molar-refractivity contribution is -0.121. The van der Waals surface area contributed by atoms with Crippen molar-refractivity contribution >= 4 is 11.8 Å². The van der Waals surface area contributed by atoms with E-state index in [-0.39, 0.29) is 24.6 Å². The van der Waals surface area contributed by atoms with Crippen LogP contribution in [0.25, 0.3) is 11.6 Å². The van der Waals surface area contributed by atoms with Crippen LogP contribution in [0.2, 0.25) is 0 Å². The summed E-state index contributed by atoms with van der Waals surface area (Å²) in [6, 6.07) is 4.77. The minimum atomic E-state index is -0.492. The van der Waals surface area contributed by atoms with Crippen molar-refractivity contribution in [1.29, 1.82) is 0 Å². The van der Waals surface area contributed by atoms with E-state index in [1.54, 1.807) is 12.1 Å². The molecule has 1 aromatic carbocycles. The van der Waals surface area contributed by atoms with Crippen molar-refractivity contribution in [2.75, 3.05) is 13.7 Å². The number of aromatic amines is 1. The summed E-state index contributed by atoms with van der Waals surface area (Å²) in [6.45, 7) is 2.53. The molecule has 30 heavy (non-hydrogen) atoms. The molecule has 0 saturated heterocycles. The fraction of sp³-hybridized carbons (Fsp3) is 0.333. The first-order valence-corrected chi connectivity index (χ1v) is 9.19. The summed E-state index contributed by atoms with van der Waals surface area (Å²) in [5.41, 5.74) is 5.00. The van der Waals surface area contributed by atoms with Crippen molar-refractivity contribution in [1.82, 2.24) is 36.2 Å². The number of amides is 2. The van der Waals surface area contributed by atoms with Gasteiger partial charge >= 0.3 is 0 Å². The highest BCUT2D eigenvalue weighted by molar-refractivity contribution is 5.96.